The van der Waals surface area contributed by atoms with Gasteiger partial charge in [-0.25, -0.2) is 0 Å². The van der Waals surface area contributed by atoms with Crippen molar-refractivity contribution < 1.29 is 9.53 Å². The second-order valence-corrected chi connectivity index (χ2v) is 7.40. The molecule has 1 aliphatic heterocycles. The minimum atomic E-state index is -0.0773. The van der Waals surface area contributed by atoms with Gasteiger partial charge in [0.25, 0.3) is 5.91 Å². The topological polar surface area (TPSA) is 29.5 Å². The van der Waals surface area contributed by atoms with E-state index in [9.17, 15) is 4.79 Å². The maximum atomic E-state index is 13.1. The summed E-state index contributed by atoms with van der Waals surface area (Å²) in [6, 6.07) is 13.2. The van der Waals surface area contributed by atoms with Gasteiger partial charge in [-0.05, 0) is 36.8 Å². The zero-order chi connectivity index (χ0) is 16.4. The number of methoxy groups -OCH3 is 1. The monoisotopic (exact) mass is 347 g/mol. The lowest BCUT2D eigenvalue weighted by Gasteiger charge is -2.23. The molecule has 0 saturated heterocycles. The summed E-state index contributed by atoms with van der Waals surface area (Å²) in [5.41, 5.74) is 1.45. The van der Waals surface area contributed by atoms with Crippen molar-refractivity contribution in [3.8, 4) is 5.75 Å². The number of hydrogen-bond acceptors (Lipinski definition) is 3. The number of carbonyl (C=O) groups is 1. The Morgan fingerprint density at radius 2 is 2.09 bits per heavy atom. The van der Waals surface area contributed by atoms with Crippen molar-refractivity contribution in [2.24, 2.45) is 0 Å². The summed E-state index contributed by atoms with van der Waals surface area (Å²) in [5.74, 6) is 0.466. The zero-order valence-electron chi connectivity index (χ0n) is 13.1. The average Bonchev–Trinajstić information content (AvgIpc) is 2.72. The van der Waals surface area contributed by atoms with Gasteiger partial charge in [0.2, 0.25) is 0 Å². The van der Waals surface area contributed by atoms with Gasteiger partial charge >= 0.3 is 0 Å². The molecule has 0 saturated carbocycles. The second kappa shape index (κ2) is 6.85. The van der Waals surface area contributed by atoms with Crippen molar-refractivity contribution in [1.29, 1.82) is 0 Å². The van der Waals surface area contributed by atoms with Crippen LogP contribution < -0.4 is 9.64 Å². The fourth-order valence-corrected chi connectivity index (χ4v) is 3.98. The first kappa shape index (κ1) is 16.2. The number of benzene rings is 2. The van der Waals surface area contributed by atoms with Gasteiger partial charge in [0, 0.05) is 21.7 Å². The van der Waals surface area contributed by atoms with Crippen LogP contribution in [-0.2, 0) is 0 Å². The highest BCUT2D eigenvalue weighted by molar-refractivity contribution is 8.00. The van der Waals surface area contributed by atoms with Crippen molar-refractivity contribution in [3.05, 3.63) is 53.1 Å². The molecule has 1 aliphatic rings. The van der Waals surface area contributed by atoms with Gasteiger partial charge in [0.15, 0.2) is 0 Å². The fraction of sp³-hybridized carbons (Fsp3) is 0.278. The first-order valence-electron chi connectivity index (χ1n) is 7.51. The summed E-state index contributed by atoms with van der Waals surface area (Å²) in [5, 5.41) is 0.996. The molecule has 0 aromatic heterocycles. The molecule has 5 heteroatoms. The quantitative estimate of drug-likeness (QED) is 0.775. The van der Waals surface area contributed by atoms with Crippen molar-refractivity contribution in [2.75, 3.05) is 18.6 Å². The van der Waals surface area contributed by atoms with Crippen LogP contribution in [0.3, 0.4) is 0 Å². The molecule has 23 heavy (non-hydrogen) atoms. The van der Waals surface area contributed by atoms with E-state index in [4.69, 9.17) is 16.3 Å². The predicted octanol–water partition coefficient (Wildman–Crippen LogP) is 4.88. The van der Waals surface area contributed by atoms with Crippen LogP contribution in [0.4, 0.5) is 5.69 Å². The van der Waals surface area contributed by atoms with Crippen molar-refractivity contribution in [1.82, 2.24) is 0 Å². The molecule has 0 spiro atoms. The van der Waals surface area contributed by atoms with Gasteiger partial charge in [0.1, 0.15) is 5.75 Å². The van der Waals surface area contributed by atoms with Crippen LogP contribution in [-0.4, -0.2) is 24.8 Å². The molecule has 1 heterocycles. The van der Waals surface area contributed by atoms with Crippen LogP contribution in [0.2, 0.25) is 5.02 Å². The van der Waals surface area contributed by atoms with E-state index in [-0.39, 0.29) is 5.91 Å². The van der Waals surface area contributed by atoms with Crippen LogP contribution in [0.25, 0.3) is 0 Å². The van der Waals surface area contributed by atoms with Gasteiger partial charge in [-0.2, -0.15) is 0 Å². The normalized spacial score (nSPS) is 17.3. The maximum Gasteiger partial charge on any atom is 0.262 e. The van der Waals surface area contributed by atoms with E-state index < -0.39 is 0 Å². The van der Waals surface area contributed by atoms with Gasteiger partial charge in [-0.15, -0.1) is 11.8 Å². The Kier molecular flexibility index (Phi) is 4.83. The first-order chi connectivity index (χ1) is 11.1. The van der Waals surface area contributed by atoms with Crippen LogP contribution in [0.1, 0.15) is 23.7 Å². The molecule has 0 bridgehead atoms. The highest BCUT2D eigenvalue weighted by Crippen LogP contribution is 2.38. The summed E-state index contributed by atoms with van der Waals surface area (Å²) in [4.78, 5) is 16.1. The molecular weight excluding hydrogens is 330 g/mol. The Hall–Kier alpha value is -1.65. The Labute approximate surface area is 145 Å². The number of rotatable bonds is 2. The molecule has 3 nitrogen and oxygen atoms in total. The van der Waals surface area contributed by atoms with E-state index >= 15 is 0 Å². The standard InChI is InChI=1S/C18H18ClNO2S/c1-12-9-10-20(15-5-3-4-6-17(15)23-12)18(21)14-11-13(19)7-8-16(14)22-2/h3-8,11-12H,9-10H2,1-2H3. The van der Waals surface area contributed by atoms with E-state index in [1.54, 1.807) is 25.3 Å². The van der Waals surface area contributed by atoms with Crippen LogP contribution >= 0.6 is 23.4 Å². The molecule has 2 aromatic rings. The number of anilines is 1. The van der Waals surface area contributed by atoms with E-state index in [2.05, 4.69) is 13.0 Å². The fourth-order valence-electron chi connectivity index (χ4n) is 2.69. The van der Waals surface area contributed by atoms with Crippen molar-refractivity contribution >= 4 is 35.0 Å². The number of para-hydroxylation sites is 1. The number of hydrogen-bond donors (Lipinski definition) is 0. The number of amides is 1. The molecule has 0 aliphatic carbocycles. The lowest BCUT2D eigenvalue weighted by atomic mass is 10.1. The van der Waals surface area contributed by atoms with E-state index in [0.717, 1.165) is 17.0 Å². The SMILES string of the molecule is COc1ccc(Cl)cc1C(=O)N1CCC(C)Sc2ccccc21. The minimum Gasteiger partial charge on any atom is -0.496 e. The zero-order valence-corrected chi connectivity index (χ0v) is 14.7. The van der Waals surface area contributed by atoms with Crippen molar-refractivity contribution in [2.45, 2.75) is 23.5 Å². The van der Waals surface area contributed by atoms with Crippen LogP contribution in [0, 0.1) is 0 Å². The predicted molar refractivity (Wildman–Crippen MR) is 96.1 cm³/mol. The number of ether oxygens (including phenoxy) is 1. The number of halogens is 1. The van der Waals surface area contributed by atoms with E-state index in [1.807, 2.05) is 34.9 Å². The van der Waals surface area contributed by atoms with E-state index in [1.165, 1.54) is 0 Å². The maximum absolute atomic E-state index is 13.1. The molecule has 1 atom stereocenters. The molecule has 120 valence electrons. The second-order valence-electron chi connectivity index (χ2n) is 5.49. The minimum absolute atomic E-state index is 0.0773. The molecule has 0 N–H and O–H groups in total. The molecule has 0 radical (unpaired) electrons. The number of thioether (sulfide) groups is 1. The third kappa shape index (κ3) is 3.33. The molecule has 0 fully saturated rings. The highest BCUT2D eigenvalue weighted by atomic mass is 35.5. The number of carbonyl (C=O) groups excluding carboxylic acids is 1. The summed E-state index contributed by atoms with van der Waals surface area (Å²) in [6.45, 7) is 2.87. The molecule has 1 amide bonds. The summed E-state index contributed by atoms with van der Waals surface area (Å²) < 4.78 is 5.34. The summed E-state index contributed by atoms with van der Waals surface area (Å²) >= 11 is 7.89. The van der Waals surface area contributed by atoms with Crippen LogP contribution in [0.5, 0.6) is 5.75 Å². The van der Waals surface area contributed by atoms with Gasteiger partial charge in [0.05, 0.1) is 18.4 Å². The smallest absolute Gasteiger partial charge is 0.262 e. The number of nitrogens with zero attached hydrogens (tertiary/aromatic N) is 1. The Morgan fingerprint density at radius 3 is 2.87 bits per heavy atom. The lowest BCUT2D eigenvalue weighted by Crippen LogP contribution is -2.32. The molecule has 3 rings (SSSR count). The van der Waals surface area contributed by atoms with Gasteiger partial charge in [-0.3, -0.25) is 4.79 Å². The highest BCUT2D eigenvalue weighted by Gasteiger charge is 2.26. The van der Waals surface area contributed by atoms with Gasteiger partial charge in [-0.1, -0.05) is 30.7 Å². The number of fused-ring (bicyclic) bond motifs is 1. The average molecular weight is 348 g/mol. The van der Waals surface area contributed by atoms with Crippen molar-refractivity contribution in [3.63, 3.8) is 0 Å². The third-order valence-electron chi connectivity index (χ3n) is 3.88. The molecule has 1 unspecified atom stereocenters. The Morgan fingerprint density at radius 1 is 1.30 bits per heavy atom. The molecule has 2 aromatic carbocycles. The summed E-state index contributed by atoms with van der Waals surface area (Å²) in [6.07, 6.45) is 0.938. The largest absolute Gasteiger partial charge is 0.496 e. The third-order valence-corrected chi connectivity index (χ3v) is 5.35. The Balaban J connectivity index is 2.04. The summed E-state index contributed by atoms with van der Waals surface area (Å²) in [7, 11) is 1.56. The van der Waals surface area contributed by atoms with Crippen LogP contribution in [0.15, 0.2) is 47.4 Å². The first-order valence-corrected chi connectivity index (χ1v) is 8.77. The van der Waals surface area contributed by atoms with E-state index in [0.29, 0.717) is 28.1 Å². The molecular formula is C18H18ClNO2S. The Bertz CT molecular complexity index is 735. The lowest BCUT2D eigenvalue weighted by molar-refractivity contribution is 0.0983. The van der Waals surface area contributed by atoms with Gasteiger partial charge < -0.3 is 9.64 Å².